The van der Waals surface area contributed by atoms with Crippen LogP contribution in [0.3, 0.4) is 0 Å². The lowest BCUT2D eigenvalue weighted by molar-refractivity contribution is -0.148. The number of nitrogens with one attached hydrogen (secondary N) is 14. The zero-order valence-electron chi connectivity index (χ0n) is 64.8. The fraction of sp³-hybridized carbons (Fsp3) is 0.600. The van der Waals surface area contributed by atoms with E-state index in [0.29, 0.717) is 52.2 Å². The monoisotopic (exact) mass is 1580 g/mol. The number of nitrogens with zero attached hydrogens (tertiary/aromatic N) is 2. The van der Waals surface area contributed by atoms with Gasteiger partial charge in [-0.2, -0.15) is 0 Å². The summed E-state index contributed by atoms with van der Waals surface area (Å²) < 4.78 is 0. The average molecular weight is 1580 g/mol. The molecular weight excluding hydrogens is 1460 g/mol. The molecule has 2 aromatic heterocycles. The molecule has 3 saturated heterocycles. The van der Waals surface area contributed by atoms with Gasteiger partial charge in [-0.05, 0) is 172 Å². The van der Waals surface area contributed by atoms with Crippen LogP contribution in [0.2, 0.25) is 0 Å². The minimum Gasteiger partial charge on any atom is -0.391 e. The zero-order chi connectivity index (χ0) is 82.6. The van der Waals surface area contributed by atoms with E-state index in [2.05, 4.69) is 73.8 Å². The van der Waals surface area contributed by atoms with Crippen molar-refractivity contribution in [2.75, 3.05) is 58.9 Å². The van der Waals surface area contributed by atoms with Crippen molar-refractivity contribution in [2.45, 2.75) is 221 Å². The molecule has 0 aliphatic carbocycles. The molecule has 38 heteroatoms. The molecule has 38 nitrogen and oxygen atoms in total. The van der Waals surface area contributed by atoms with Gasteiger partial charge in [0, 0.05) is 60.1 Å². The van der Waals surface area contributed by atoms with Gasteiger partial charge in [-0.3, -0.25) is 67.1 Å². The first-order valence-electron chi connectivity index (χ1n) is 39.1. The van der Waals surface area contributed by atoms with E-state index in [1.165, 1.54) is 23.6 Å². The maximum Gasteiger partial charge on any atom is 0.246 e. The molecule has 0 bridgehead atoms. The van der Waals surface area contributed by atoms with Gasteiger partial charge in [0.05, 0.1) is 6.10 Å². The number of para-hydroxylation sites is 2. The number of hydrogen-bond acceptors (Lipinski definition) is 22. The summed E-state index contributed by atoms with van der Waals surface area (Å²) >= 11 is 0. The van der Waals surface area contributed by atoms with Gasteiger partial charge < -0.3 is 129 Å². The second kappa shape index (κ2) is 44.3. The number of aromatic nitrogens is 2. The third-order valence-corrected chi connectivity index (χ3v) is 20.8. The molecule has 5 heterocycles. The molecule has 0 spiro atoms. The summed E-state index contributed by atoms with van der Waals surface area (Å²) in [6.45, 7) is 5.24. The number of aliphatic hydroxyl groups is 1. The molecule has 0 radical (unpaired) electrons. The highest BCUT2D eigenvalue weighted by molar-refractivity contribution is 6.02. The Balaban J connectivity index is 1.24. The highest BCUT2D eigenvalue weighted by atomic mass is 16.3. The molecule has 2 aromatic carbocycles. The minimum absolute atomic E-state index is 0.0453. The maximum atomic E-state index is 15.0. The molecule has 16 atom stereocenters. The van der Waals surface area contributed by atoms with Crippen LogP contribution in [0, 0.1) is 5.92 Å². The number of unbranched alkanes of at least 4 members (excludes halogenated alkanes) is 1. The summed E-state index contributed by atoms with van der Waals surface area (Å²) in [5.41, 5.74) is 44.5. The van der Waals surface area contributed by atoms with E-state index in [0.717, 1.165) is 0 Å². The van der Waals surface area contributed by atoms with Gasteiger partial charge in [-0.1, -0.05) is 56.7 Å². The quantitative estimate of drug-likeness (QED) is 0.0307. The predicted octanol–water partition coefficient (Wildman–Crippen LogP) is -6.08. The second-order valence-electron chi connectivity index (χ2n) is 29.1. The van der Waals surface area contributed by atoms with Crippen molar-refractivity contribution in [2.24, 2.45) is 46.1 Å². The van der Waals surface area contributed by atoms with Crippen molar-refractivity contribution >= 4 is 105 Å². The Bertz CT molecular complexity index is 3950. The van der Waals surface area contributed by atoms with Crippen molar-refractivity contribution in [1.82, 2.24) is 83.6 Å². The van der Waals surface area contributed by atoms with Crippen molar-refractivity contribution in [1.29, 1.82) is 0 Å². The first-order valence-corrected chi connectivity index (χ1v) is 39.1. The highest BCUT2D eigenvalue weighted by Crippen LogP contribution is 2.28. The smallest absolute Gasteiger partial charge is 0.246 e. The third-order valence-electron chi connectivity index (χ3n) is 20.8. The van der Waals surface area contributed by atoms with E-state index >= 15 is 4.79 Å². The number of benzene rings is 2. The van der Waals surface area contributed by atoms with Gasteiger partial charge in [0.25, 0.3) is 0 Å². The van der Waals surface area contributed by atoms with E-state index in [4.69, 9.17) is 40.1 Å². The number of rotatable bonds is 23. The van der Waals surface area contributed by atoms with E-state index in [1.807, 2.05) is 0 Å². The van der Waals surface area contributed by atoms with Gasteiger partial charge >= 0.3 is 0 Å². The first-order chi connectivity index (χ1) is 54.1. The number of aromatic amines is 2. The fourth-order valence-corrected chi connectivity index (χ4v) is 14.2. The lowest BCUT2D eigenvalue weighted by Crippen LogP contribution is -2.62. The Labute approximate surface area is 655 Å². The molecule has 3 aliphatic rings. The molecule has 29 N–H and O–H groups in total. The van der Waals surface area contributed by atoms with Crippen LogP contribution in [-0.4, -0.2) is 257 Å². The lowest BCUT2D eigenvalue weighted by atomic mass is 9.96. The summed E-state index contributed by atoms with van der Waals surface area (Å²) in [6, 6.07) is -5.80. The second-order valence-corrected chi connectivity index (χ2v) is 29.1. The Hall–Kier alpha value is -10.2. The largest absolute Gasteiger partial charge is 0.391 e. The number of aliphatic hydroxyl groups excluding tert-OH is 1. The molecular formula is C75H117N23O15. The van der Waals surface area contributed by atoms with Crippen molar-refractivity contribution in [3.05, 3.63) is 72.1 Å². The lowest BCUT2D eigenvalue weighted by Gasteiger charge is -2.34. The minimum atomic E-state index is -1.75. The SMILES string of the molecule is CC[C@H](C)[C@@H]1NC(=O)[C@H](Cc2c[nH]c3ccccc23)NC(=O)[C@H]([C@@H](C)O)NC(=O)[C@@H]2CCCN2C(=O)[C@@H]2CCCN2C(=O)[C@H](CCN)NC(=O)[C@H](C)NC(=O)[C@H](CCN)NC(=O)[C@H](CCN)NC(=O)[C@H](Cc2c[nH]c3ccccc23)NC(=O)[C@H](CCN)NC(=O)[C@H](CCN)NC(=O)[C@H](CCCCN)NC(=O)[C@H](CCN)NC1=O. The molecule has 0 saturated carbocycles. The number of fused-ring (bicyclic) bond motifs is 4. The molecule has 3 aliphatic heterocycles. The Morgan fingerprint density at radius 1 is 0.381 bits per heavy atom. The van der Waals surface area contributed by atoms with Crippen LogP contribution in [0.15, 0.2) is 60.9 Å². The number of H-pyrrole nitrogens is 2. The predicted molar refractivity (Wildman–Crippen MR) is 418 cm³/mol. The average Bonchev–Trinajstić information content (AvgIpc) is 1.66. The molecule has 0 unspecified atom stereocenters. The van der Waals surface area contributed by atoms with Gasteiger partial charge in [0.1, 0.15) is 84.6 Å². The van der Waals surface area contributed by atoms with Crippen LogP contribution in [0.4, 0.5) is 0 Å². The Morgan fingerprint density at radius 2 is 0.726 bits per heavy atom. The van der Waals surface area contributed by atoms with Crippen LogP contribution in [0.25, 0.3) is 21.8 Å². The van der Waals surface area contributed by atoms with Crippen LogP contribution >= 0.6 is 0 Å². The summed E-state index contributed by atoms with van der Waals surface area (Å²) in [5.74, 6) is -12.8. The maximum absolute atomic E-state index is 15.0. The molecule has 113 heavy (non-hydrogen) atoms. The summed E-state index contributed by atoms with van der Waals surface area (Å²) in [4.78, 5) is 214. The number of hydrogen-bond donors (Lipinski definition) is 22. The van der Waals surface area contributed by atoms with Crippen molar-refractivity contribution < 1.29 is 72.2 Å². The van der Waals surface area contributed by atoms with E-state index in [1.54, 1.807) is 74.8 Å². The number of carbonyl (C=O) groups excluding carboxylic acids is 14. The first kappa shape index (κ1) is 90.0. The van der Waals surface area contributed by atoms with Crippen LogP contribution in [0.5, 0.6) is 0 Å². The number of amides is 14. The molecule has 7 rings (SSSR count). The van der Waals surface area contributed by atoms with Gasteiger partial charge in [0.15, 0.2) is 0 Å². The summed E-state index contributed by atoms with van der Waals surface area (Å²) in [6.07, 6.45) is 1.87. The van der Waals surface area contributed by atoms with E-state index in [-0.39, 0.29) is 142 Å². The van der Waals surface area contributed by atoms with Crippen molar-refractivity contribution in [3.63, 3.8) is 0 Å². The van der Waals surface area contributed by atoms with Crippen LogP contribution < -0.4 is 104 Å². The van der Waals surface area contributed by atoms with E-state index < -0.39 is 179 Å². The summed E-state index contributed by atoms with van der Waals surface area (Å²) in [5, 5.41) is 44.6. The third kappa shape index (κ3) is 24.6. The number of nitrogens with two attached hydrogens (primary N) is 7. The van der Waals surface area contributed by atoms with Gasteiger partial charge in [-0.15, -0.1) is 0 Å². The standard InChI is InChI=1S/C75H117N23O15/c1-5-40(2)60-72(110)91-54(25-32-81)67(105)86-49(18-10-11-27-76)64(102)88-51(22-29-78)65(103)89-53(24-31-80)68(106)93-56(36-43-38-83-47-16-8-6-14-45(43)47)69(107)90-52(23-30-79)66(104)87-50(21-28-77)63(101)85-41(3)62(100)92-55(26-33-82)74(112)98-35-13-20-59(98)75(113)97-34-12-19-58(97)71(109)96-61(42(4)99)73(111)94-57(70(108)95-60)37-44-39-84-48-17-9-7-15-46(44)48/h6-9,14-17,38-42,49-61,83-84,99H,5,10-13,18-37,76-82H2,1-4H3,(H,85,101)(H,86,105)(H,87,104)(H,88,102)(H,89,103)(H,90,107)(H,91,110)(H,92,100)(H,93,106)(H,94,111)(H,95,108)(H,96,109)/t40-,41-,42+,49-,50-,51-,52-,53-,54-,55-,56-,57-,58-,59-,60-,61-/m0/s1. The van der Waals surface area contributed by atoms with Crippen LogP contribution in [0.1, 0.15) is 129 Å². The number of carbonyl (C=O) groups is 14. The Morgan fingerprint density at radius 3 is 1.16 bits per heavy atom. The molecule has 622 valence electrons. The topological polar surface area (TPSA) is 624 Å². The van der Waals surface area contributed by atoms with Gasteiger partial charge in [-0.25, -0.2) is 0 Å². The van der Waals surface area contributed by atoms with Crippen molar-refractivity contribution in [3.8, 4) is 0 Å². The van der Waals surface area contributed by atoms with Crippen LogP contribution in [-0.2, 0) is 80.0 Å². The van der Waals surface area contributed by atoms with E-state index in [9.17, 15) is 67.4 Å². The Kier molecular flexibility index (Phi) is 35.3. The normalized spacial score (nSPS) is 26.8. The molecule has 14 amide bonds. The molecule has 4 aromatic rings. The van der Waals surface area contributed by atoms with Gasteiger partial charge in [0.2, 0.25) is 82.7 Å². The molecule has 3 fully saturated rings. The fourth-order valence-electron chi connectivity index (χ4n) is 14.2. The highest BCUT2D eigenvalue weighted by Gasteiger charge is 2.46. The summed E-state index contributed by atoms with van der Waals surface area (Å²) in [7, 11) is 0. The zero-order valence-corrected chi connectivity index (χ0v) is 64.8.